The van der Waals surface area contributed by atoms with Crippen molar-refractivity contribution in [2.45, 2.75) is 44.4 Å². The third-order valence-corrected chi connectivity index (χ3v) is 6.90. The number of aromatic nitrogens is 2. The Hall–Kier alpha value is -4.02. The van der Waals surface area contributed by atoms with E-state index in [0.717, 1.165) is 43.7 Å². The minimum atomic E-state index is -5.08. The van der Waals surface area contributed by atoms with Gasteiger partial charge in [0.2, 0.25) is 5.91 Å². The van der Waals surface area contributed by atoms with Gasteiger partial charge in [0.15, 0.2) is 0 Å². The van der Waals surface area contributed by atoms with Crippen molar-refractivity contribution in [2.75, 3.05) is 51.1 Å². The summed E-state index contributed by atoms with van der Waals surface area (Å²) in [4.78, 5) is 56.3. The summed E-state index contributed by atoms with van der Waals surface area (Å²) in [6.45, 7) is 7.79. The van der Waals surface area contributed by atoms with Crippen LogP contribution in [0.25, 0.3) is 5.69 Å². The third kappa shape index (κ3) is 9.76. The number of hydrogen-bond donors (Lipinski definition) is 4. The van der Waals surface area contributed by atoms with Gasteiger partial charge in [0.1, 0.15) is 5.82 Å². The molecule has 1 aromatic carbocycles. The number of benzene rings is 1. The van der Waals surface area contributed by atoms with Crippen molar-refractivity contribution in [1.29, 1.82) is 0 Å². The van der Waals surface area contributed by atoms with Crippen LogP contribution in [-0.2, 0) is 16.0 Å². The minimum absolute atomic E-state index is 0.142. The van der Waals surface area contributed by atoms with Crippen LogP contribution in [0.15, 0.2) is 41.3 Å². The Morgan fingerprint density at radius 2 is 1.70 bits per heavy atom. The zero-order chi connectivity index (χ0) is 31.9. The molecule has 0 radical (unpaired) electrons. The number of anilines is 1. The van der Waals surface area contributed by atoms with Gasteiger partial charge >= 0.3 is 23.9 Å². The second-order valence-electron chi connectivity index (χ2n) is 11.0. The molecule has 2 aromatic rings. The van der Waals surface area contributed by atoms with Crippen molar-refractivity contribution in [1.82, 2.24) is 24.3 Å². The van der Waals surface area contributed by atoms with Gasteiger partial charge in [-0.1, -0.05) is 12.1 Å². The normalized spacial score (nSPS) is 17.7. The number of nitrogens with one attached hydrogen (secondary N) is 1. The van der Waals surface area contributed by atoms with Gasteiger partial charge in [-0.15, -0.1) is 0 Å². The van der Waals surface area contributed by atoms with E-state index in [4.69, 9.17) is 21.4 Å². The lowest BCUT2D eigenvalue weighted by Gasteiger charge is -2.37. The largest absolute Gasteiger partial charge is 0.490 e. The van der Waals surface area contributed by atoms with Crippen LogP contribution in [0, 0.1) is 0 Å². The first kappa shape index (κ1) is 33.5. The summed E-state index contributed by atoms with van der Waals surface area (Å²) in [5.74, 6) is -2.71. The van der Waals surface area contributed by atoms with Crippen LogP contribution < -0.4 is 22.5 Å². The van der Waals surface area contributed by atoms with E-state index in [2.05, 4.69) is 15.2 Å². The summed E-state index contributed by atoms with van der Waals surface area (Å²) in [7, 11) is 0. The Morgan fingerprint density at radius 1 is 1.07 bits per heavy atom. The fraction of sp³-hybridized carbons (Fsp3) is 0.519. The van der Waals surface area contributed by atoms with Gasteiger partial charge in [-0.05, 0) is 57.0 Å². The van der Waals surface area contributed by atoms with Crippen LogP contribution in [0.4, 0.5) is 23.8 Å². The van der Waals surface area contributed by atoms with Crippen LogP contribution in [-0.4, -0.2) is 111 Å². The number of carbonyl (C=O) groups is 3. The molecule has 13 nitrogen and oxygen atoms in total. The van der Waals surface area contributed by atoms with Crippen LogP contribution >= 0.6 is 0 Å². The van der Waals surface area contributed by atoms with E-state index < -0.39 is 23.4 Å². The Labute approximate surface area is 246 Å². The first-order valence-corrected chi connectivity index (χ1v) is 13.7. The number of carboxylic acids is 1. The molecular formula is C27H37F3N8O5. The summed E-state index contributed by atoms with van der Waals surface area (Å²) in [5.41, 5.74) is 12.3. The molecule has 0 unspecified atom stereocenters. The average Bonchev–Trinajstić information content (AvgIpc) is 3.36. The number of urea groups is 1. The standard InChI is InChI=1S/C25H36N8O3.C2HF3O2/c1-25(2,27)22(34)31-12-14-32(15-13-31)23(35)28-21-8-11-33(24(36)29-21)20-5-3-4-18(16-20)6-9-30-10-7-19(26)17-30;3-2(4,5)1(6)7/h3-5,8,11,16,19H,6-7,9-10,12-15,17,26-27H2,1-2H3,(H,28,29,35,36);(H,6,7)/t19-;/m1./s1. The molecule has 16 heteroatoms. The molecule has 2 aliphatic heterocycles. The number of piperazine rings is 1. The van der Waals surface area contributed by atoms with Gasteiger partial charge in [0.25, 0.3) is 0 Å². The summed E-state index contributed by atoms with van der Waals surface area (Å²) in [6, 6.07) is 9.34. The molecule has 0 saturated carbocycles. The number of aliphatic carboxylic acids is 1. The van der Waals surface area contributed by atoms with Crippen LogP contribution in [0.3, 0.4) is 0 Å². The first-order chi connectivity index (χ1) is 20.0. The van der Waals surface area contributed by atoms with Gasteiger partial charge < -0.3 is 31.3 Å². The molecule has 0 aliphatic carbocycles. The molecule has 236 valence electrons. The summed E-state index contributed by atoms with van der Waals surface area (Å²) in [6.07, 6.45) is -1.56. The molecule has 4 rings (SSSR count). The van der Waals surface area contributed by atoms with Crippen molar-refractivity contribution in [3.8, 4) is 5.69 Å². The van der Waals surface area contributed by atoms with Crippen molar-refractivity contribution >= 4 is 23.7 Å². The zero-order valence-corrected chi connectivity index (χ0v) is 24.0. The number of carbonyl (C=O) groups excluding carboxylic acids is 2. The van der Waals surface area contributed by atoms with Crippen LogP contribution in [0.2, 0.25) is 0 Å². The second kappa shape index (κ2) is 14.0. The van der Waals surface area contributed by atoms with E-state index in [1.807, 2.05) is 24.3 Å². The predicted molar refractivity (Wildman–Crippen MR) is 152 cm³/mol. The molecule has 43 heavy (non-hydrogen) atoms. The van der Waals surface area contributed by atoms with E-state index in [0.29, 0.717) is 26.2 Å². The summed E-state index contributed by atoms with van der Waals surface area (Å²) < 4.78 is 33.2. The average molecular weight is 611 g/mol. The highest BCUT2D eigenvalue weighted by atomic mass is 19.4. The number of nitrogens with zero attached hydrogens (tertiary/aromatic N) is 5. The molecule has 1 atom stereocenters. The van der Waals surface area contributed by atoms with Crippen molar-refractivity contribution < 1.29 is 32.7 Å². The van der Waals surface area contributed by atoms with Crippen molar-refractivity contribution in [3.05, 3.63) is 52.6 Å². The number of rotatable bonds is 6. The molecule has 3 amide bonds. The van der Waals surface area contributed by atoms with Crippen LogP contribution in [0.5, 0.6) is 0 Å². The molecule has 2 aliphatic rings. The number of amides is 3. The molecule has 0 spiro atoms. The number of carboxylic acid groups (broad SMARTS) is 1. The Bertz CT molecular complexity index is 1350. The lowest BCUT2D eigenvalue weighted by molar-refractivity contribution is -0.192. The fourth-order valence-corrected chi connectivity index (χ4v) is 4.59. The minimum Gasteiger partial charge on any atom is -0.475 e. The zero-order valence-electron chi connectivity index (χ0n) is 24.0. The molecule has 3 heterocycles. The number of likely N-dealkylation sites (tertiary alicyclic amines) is 1. The molecular weight excluding hydrogens is 573 g/mol. The van der Waals surface area contributed by atoms with E-state index in [1.165, 1.54) is 4.57 Å². The fourth-order valence-electron chi connectivity index (χ4n) is 4.59. The maximum atomic E-state index is 12.7. The predicted octanol–water partition coefficient (Wildman–Crippen LogP) is 0.855. The topological polar surface area (TPSA) is 180 Å². The number of alkyl halides is 3. The Morgan fingerprint density at radius 3 is 2.23 bits per heavy atom. The Balaban J connectivity index is 0.000000646. The first-order valence-electron chi connectivity index (χ1n) is 13.7. The van der Waals surface area contributed by atoms with E-state index in [1.54, 1.807) is 35.9 Å². The van der Waals surface area contributed by atoms with Crippen molar-refractivity contribution in [3.63, 3.8) is 0 Å². The van der Waals surface area contributed by atoms with Gasteiger partial charge in [0, 0.05) is 51.5 Å². The van der Waals surface area contributed by atoms with E-state index >= 15 is 0 Å². The van der Waals surface area contributed by atoms with Gasteiger partial charge in [-0.3, -0.25) is 14.7 Å². The third-order valence-electron chi connectivity index (χ3n) is 6.90. The molecule has 2 fully saturated rings. The molecule has 6 N–H and O–H groups in total. The van der Waals surface area contributed by atoms with Gasteiger partial charge in [-0.2, -0.15) is 18.2 Å². The van der Waals surface area contributed by atoms with E-state index in [-0.39, 0.29) is 23.8 Å². The maximum Gasteiger partial charge on any atom is 0.490 e. The SMILES string of the molecule is CC(C)(N)C(=O)N1CCN(C(=O)Nc2ccn(-c3cccc(CCN4CC[C@@H](N)C4)c3)c(=O)n2)CC1.O=C(O)C(F)(F)F. The monoisotopic (exact) mass is 610 g/mol. The highest BCUT2D eigenvalue weighted by molar-refractivity contribution is 5.89. The molecule has 1 aromatic heterocycles. The lowest BCUT2D eigenvalue weighted by atomic mass is 10.1. The second-order valence-corrected chi connectivity index (χ2v) is 11.0. The smallest absolute Gasteiger partial charge is 0.475 e. The quantitative estimate of drug-likeness (QED) is 0.369. The summed E-state index contributed by atoms with van der Waals surface area (Å²) >= 11 is 0. The molecule has 2 saturated heterocycles. The number of hydrogen-bond acceptors (Lipinski definition) is 8. The lowest BCUT2D eigenvalue weighted by Crippen LogP contribution is -2.58. The highest BCUT2D eigenvalue weighted by Gasteiger charge is 2.38. The number of nitrogens with two attached hydrogens (primary N) is 2. The summed E-state index contributed by atoms with van der Waals surface area (Å²) in [5, 5.41) is 9.82. The Kier molecular flexibility index (Phi) is 10.9. The van der Waals surface area contributed by atoms with Crippen molar-refractivity contribution in [2.24, 2.45) is 11.5 Å². The van der Waals surface area contributed by atoms with E-state index in [9.17, 15) is 27.6 Å². The highest BCUT2D eigenvalue weighted by Crippen LogP contribution is 2.15. The van der Waals surface area contributed by atoms with Crippen LogP contribution in [0.1, 0.15) is 25.8 Å². The molecule has 0 bridgehead atoms. The van der Waals surface area contributed by atoms with Gasteiger partial charge in [0.05, 0.1) is 11.2 Å². The van der Waals surface area contributed by atoms with Gasteiger partial charge in [-0.25, -0.2) is 14.4 Å². The number of halogens is 3. The maximum absolute atomic E-state index is 12.7.